The lowest BCUT2D eigenvalue weighted by molar-refractivity contribution is -0.140. The number of benzene rings is 1. The van der Waals surface area contributed by atoms with E-state index in [1.54, 1.807) is 26.8 Å². The SMILES string of the molecule is CCOC(=O)c1[nH]c(C)c(/C(O)=C2/C(=O)C(=O)N(CCN(C)C)C2c2cccc(F)c2)c1C. The number of aliphatic hydroxyl groups excluding tert-OH is 1. The molecule has 0 saturated carbocycles. The summed E-state index contributed by atoms with van der Waals surface area (Å²) in [7, 11) is 3.66. The number of likely N-dealkylation sites (tertiary alicyclic amines) is 1. The molecule has 1 aliphatic rings. The second-order valence-electron chi connectivity index (χ2n) is 8.20. The van der Waals surface area contributed by atoms with E-state index in [2.05, 4.69) is 4.98 Å². The molecule has 8 nitrogen and oxygen atoms in total. The van der Waals surface area contributed by atoms with Gasteiger partial charge in [0.1, 0.15) is 17.3 Å². The van der Waals surface area contributed by atoms with Gasteiger partial charge in [-0.2, -0.15) is 0 Å². The van der Waals surface area contributed by atoms with E-state index >= 15 is 0 Å². The molecule has 1 amide bonds. The number of ketones is 1. The molecule has 33 heavy (non-hydrogen) atoms. The predicted molar refractivity (Wildman–Crippen MR) is 120 cm³/mol. The molecule has 2 N–H and O–H groups in total. The largest absolute Gasteiger partial charge is 0.507 e. The number of carbonyl (C=O) groups is 3. The maximum atomic E-state index is 14.1. The van der Waals surface area contributed by atoms with Crippen LogP contribution in [0.4, 0.5) is 4.39 Å². The molecule has 0 spiro atoms. The number of rotatable bonds is 7. The highest BCUT2D eigenvalue weighted by Crippen LogP contribution is 2.40. The van der Waals surface area contributed by atoms with E-state index in [0.717, 1.165) is 0 Å². The molecule has 1 saturated heterocycles. The van der Waals surface area contributed by atoms with E-state index in [-0.39, 0.29) is 30.0 Å². The number of Topliss-reactive ketones (excluding diaryl/α,β-unsaturated/α-hetero) is 1. The highest BCUT2D eigenvalue weighted by Gasteiger charge is 2.46. The Morgan fingerprint density at radius 3 is 2.58 bits per heavy atom. The first-order valence-electron chi connectivity index (χ1n) is 10.6. The number of aromatic amines is 1. The number of likely N-dealkylation sites (N-methyl/N-ethyl adjacent to an activating group) is 1. The Balaban J connectivity index is 2.20. The van der Waals surface area contributed by atoms with Crippen molar-refractivity contribution in [3.63, 3.8) is 0 Å². The third-order valence-corrected chi connectivity index (χ3v) is 5.65. The van der Waals surface area contributed by atoms with Crippen molar-refractivity contribution in [1.29, 1.82) is 0 Å². The molecule has 1 aliphatic heterocycles. The van der Waals surface area contributed by atoms with Crippen molar-refractivity contribution >= 4 is 23.4 Å². The lowest BCUT2D eigenvalue weighted by Crippen LogP contribution is -2.35. The van der Waals surface area contributed by atoms with Gasteiger partial charge in [0.15, 0.2) is 0 Å². The highest BCUT2D eigenvalue weighted by atomic mass is 19.1. The molecule has 2 heterocycles. The third-order valence-electron chi connectivity index (χ3n) is 5.65. The van der Waals surface area contributed by atoms with Crippen LogP contribution in [0, 0.1) is 19.7 Å². The number of ether oxygens (including phenoxy) is 1. The Hall–Kier alpha value is -3.46. The van der Waals surface area contributed by atoms with Gasteiger partial charge in [-0.25, -0.2) is 9.18 Å². The Morgan fingerprint density at radius 2 is 1.97 bits per heavy atom. The van der Waals surface area contributed by atoms with E-state index in [0.29, 0.717) is 23.4 Å². The van der Waals surface area contributed by atoms with E-state index in [9.17, 15) is 23.9 Å². The summed E-state index contributed by atoms with van der Waals surface area (Å²) in [5.74, 6) is -3.17. The highest BCUT2D eigenvalue weighted by molar-refractivity contribution is 6.46. The topological polar surface area (TPSA) is 103 Å². The Morgan fingerprint density at radius 1 is 1.27 bits per heavy atom. The fourth-order valence-corrected chi connectivity index (χ4v) is 4.09. The lowest BCUT2D eigenvalue weighted by Gasteiger charge is -2.26. The Bertz CT molecular complexity index is 1140. The van der Waals surface area contributed by atoms with Crippen LogP contribution in [-0.4, -0.2) is 71.3 Å². The van der Waals surface area contributed by atoms with Crippen LogP contribution in [0.25, 0.3) is 5.76 Å². The van der Waals surface area contributed by atoms with Crippen LogP contribution in [0.3, 0.4) is 0 Å². The number of aryl methyl sites for hydroxylation is 1. The van der Waals surface area contributed by atoms with Crippen LogP contribution >= 0.6 is 0 Å². The van der Waals surface area contributed by atoms with Gasteiger partial charge in [0, 0.05) is 24.3 Å². The lowest BCUT2D eigenvalue weighted by atomic mass is 9.94. The van der Waals surface area contributed by atoms with Crippen molar-refractivity contribution in [2.75, 3.05) is 33.8 Å². The molecule has 1 aromatic carbocycles. The van der Waals surface area contributed by atoms with Crippen molar-refractivity contribution in [1.82, 2.24) is 14.8 Å². The van der Waals surface area contributed by atoms with E-state index in [4.69, 9.17) is 4.74 Å². The fraction of sp³-hybridized carbons (Fsp3) is 0.375. The van der Waals surface area contributed by atoms with Crippen molar-refractivity contribution in [3.05, 3.63) is 63.7 Å². The number of aliphatic hydroxyl groups is 1. The maximum Gasteiger partial charge on any atom is 0.355 e. The van der Waals surface area contributed by atoms with Crippen LogP contribution < -0.4 is 0 Å². The van der Waals surface area contributed by atoms with Crippen molar-refractivity contribution in [2.45, 2.75) is 26.8 Å². The molecule has 1 aromatic heterocycles. The second-order valence-corrected chi connectivity index (χ2v) is 8.20. The van der Waals surface area contributed by atoms with Crippen LogP contribution in [0.1, 0.15) is 45.8 Å². The number of carbonyl (C=O) groups excluding carboxylic acids is 3. The number of hydrogen-bond acceptors (Lipinski definition) is 6. The summed E-state index contributed by atoms with van der Waals surface area (Å²) in [6, 6.07) is 4.63. The molecule has 3 rings (SSSR count). The minimum Gasteiger partial charge on any atom is -0.507 e. The van der Waals surface area contributed by atoms with Crippen LogP contribution in [0.2, 0.25) is 0 Å². The van der Waals surface area contributed by atoms with Crippen LogP contribution in [0.5, 0.6) is 0 Å². The van der Waals surface area contributed by atoms with Gasteiger partial charge >= 0.3 is 5.97 Å². The van der Waals surface area contributed by atoms with E-state index < -0.39 is 35.3 Å². The van der Waals surface area contributed by atoms with Crippen molar-refractivity contribution in [2.24, 2.45) is 0 Å². The first-order valence-corrected chi connectivity index (χ1v) is 10.6. The third kappa shape index (κ3) is 4.54. The van der Waals surface area contributed by atoms with Crippen LogP contribution in [-0.2, 0) is 14.3 Å². The molecule has 1 fully saturated rings. The fourth-order valence-electron chi connectivity index (χ4n) is 4.09. The number of aromatic nitrogens is 1. The summed E-state index contributed by atoms with van der Waals surface area (Å²) in [4.78, 5) is 44.4. The minimum absolute atomic E-state index is 0.148. The zero-order valence-electron chi connectivity index (χ0n) is 19.4. The zero-order valence-corrected chi connectivity index (χ0v) is 19.4. The number of esters is 1. The number of amides is 1. The molecule has 2 aromatic rings. The summed E-state index contributed by atoms with van der Waals surface area (Å²) in [6.07, 6.45) is 0. The first kappa shape index (κ1) is 24.2. The summed E-state index contributed by atoms with van der Waals surface area (Å²) in [6.45, 7) is 5.78. The molecule has 1 atom stereocenters. The van der Waals surface area contributed by atoms with Gasteiger partial charge in [-0.3, -0.25) is 9.59 Å². The first-order chi connectivity index (χ1) is 15.6. The van der Waals surface area contributed by atoms with Gasteiger partial charge < -0.3 is 24.6 Å². The number of nitrogens with zero attached hydrogens (tertiary/aromatic N) is 2. The molecule has 0 aliphatic carbocycles. The van der Waals surface area contributed by atoms with Gasteiger partial charge in [-0.1, -0.05) is 12.1 Å². The zero-order chi connectivity index (χ0) is 24.4. The average molecular weight is 458 g/mol. The van der Waals surface area contributed by atoms with Gasteiger partial charge in [0.25, 0.3) is 11.7 Å². The van der Waals surface area contributed by atoms with Gasteiger partial charge in [0.05, 0.1) is 18.2 Å². The molecule has 0 bridgehead atoms. The number of hydrogen-bond donors (Lipinski definition) is 2. The van der Waals surface area contributed by atoms with Crippen molar-refractivity contribution in [3.8, 4) is 0 Å². The van der Waals surface area contributed by atoms with E-state index in [1.807, 2.05) is 19.0 Å². The Labute approximate surface area is 191 Å². The van der Waals surface area contributed by atoms with Crippen LogP contribution in [0.15, 0.2) is 29.8 Å². The van der Waals surface area contributed by atoms with E-state index in [1.165, 1.54) is 23.1 Å². The molecule has 1 unspecified atom stereocenters. The van der Waals surface area contributed by atoms with Gasteiger partial charge in [0.2, 0.25) is 0 Å². The number of halogens is 1. The normalized spacial score (nSPS) is 17.8. The molecule has 176 valence electrons. The molecule has 9 heteroatoms. The van der Waals surface area contributed by atoms with Gasteiger partial charge in [-0.15, -0.1) is 0 Å². The predicted octanol–water partition coefficient (Wildman–Crippen LogP) is 2.93. The molecular weight excluding hydrogens is 429 g/mol. The summed E-state index contributed by atoms with van der Waals surface area (Å²) < 4.78 is 19.1. The standard InChI is InChI=1S/C24H28FN3O5/c1-6-33-24(32)19-13(2)17(14(3)26-19)21(29)18-20(15-8-7-9-16(25)12-15)28(11-10-27(4)5)23(31)22(18)30/h7-9,12,20,26,29H,6,10-11H2,1-5H3/b21-18-. The maximum absolute atomic E-state index is 14.1. The molecule has 0 radical (unpaired) electrons. The van der Waals surface area contributed by atoms with Crippen molar-refractivity contribution < 1.29 is 28.6 Å². The average Bonchev–Trinajstić information content (AvgIpc) is 3.19. The quantitative estimate of drug-likeness (QED) is 0.287. The molecular formula is C24H28FN3O5. The monoisotopic (exact) mass is 457 g/mol. The summed E-state index contributed by atoms with van der Waals surface area (Å²) >= 11 is 0. The number of nitrogens with one attached hydrogen (secondary N) is 1. The minimum atomic E-state index is -0.972. The number of H-pyrrole nitrogens is 1. The summed E-state index contributed by atoms with van der Waals surface area (Å²) in [5.41, 5.74) is 1.44. The Kier molecular flexibility index (Phi) is 7.02. The second kappa shape index (κ2) is 9.58. The van der Waals surface area contributed by atoms with Gasteiger partial charge in [-0.05, 0) is 58.1 Å². The smallest absolute Gasteiger partial charge is 0.355 e. The summed E-state index contributed by atoms with van der Waals surface area (Å²) in [5, 5.41) is 11.3.